The van der Waals surface area contributed by atoms with Crippen molar-refractivity contribution < 1.29 is 14.2 Å². The highest BCUT2D eigenvalue weighted by Gasteiger charge is 2.34. The summed E-state index contributed by atoms with van der Waals surface area (Å²) in [5.41, 5.74) is 1.10. The molecule has 0 spiro atoms. The largest absolute Gasteiger partial charge is 0.468 e. The number of nitrogens with one attached hydrogen (secondary N) is 1. The van der Waals surface area contributed by atoms with Crippen molar-refractivity contribution in [1.29, 1.82) is 5.41 Å². The number of ether oxygens (including phenoxy) is 3. The zero-order valence-electron chi connectivity index (χ0n) is 13.1. The Bertz CT molecular complexity index is 354. The van der Waals surface area contributed by atoms with E-state index in [9.17, 15) is 0 Å². The molecule has 0 aromatic heterocycles. The molecule has 0 radical (unpaired) electrons. The molecule has 0 saturated heterocycles. The van der Waals surface area contributed by atoms with Crippen LogP contribution < -0.4 is 0 Å². The van der Waals surface area contributed by atoms with E-state index in [1.54, 1.807) is 7.11 Å². The molecule has 0 aliphatic rings. The Morgan fingerprint density at radius 1 is 1.29 bits per heavy atom. The molecule has 0 rings (SSSR count). The van der Waals surface area contributed by atoms with Crippen molar-refractivity contribution in [3.8, 4) is 0 Å². The Balaban J connectivity index is 5.22. The molecule has 0 aliphatic heterocycles. The van der Waals surface area contributed by atoms with E-state index in [-0.39, 0.29) is 18.8 Å². The molecule has 0 amide bonds. The smallest absolute Gasteiger partial charge is 0.265 e. The Labute approximate surface area is 142 Å². The molecule has 0 fully saturated rings. The second kappa shape index (κ2) is 9.90. The van der Waals surface area contributed by atoms with Gasteiger partial charge in [-0.1, -0.05) is 61.1 Å². The van der Waals surface area contributed by atoms with Crippen LogP contribution in [0.2, 0.25) is 0 Å². The lowest BCUT2D eigenvalue weighted by Gasteiger charge is -2.30. The molecule has 0 heterocycles. The van der Waals surface area contributed by atoms with Gasteiger partial charge in [-0.2, -0.15) is 0 Å². The van der Waals surface area contributed by atoms with Gasteiger partial charge in [0.2, 0.25) is 5.90 Å². The normalized spacial score (nSPS) is 16.0. The predicted molar refractivity (Wildman–Crippen MR) is 88.5 cm³/mol. The van der Waals surface area contributed by atoms with Crippen LogP contribution in [0.15, 0.2) is 11.6 Å². The highest BCUT2D eigenvalue weighted by Crippen LogP contribution is 2.30. The summed E-state index contributed by atoms with van der Waals surface area (Å²) in [5, 5.41) is 7.75. The third-order valence-corrected chi connectivity index (χ3v) is 3.39. The van der Waals surface area contributed by atoms with Gasteiger partial charge in [-0.3, -0.25) is 5.41 Å². The molecule has 21 heavy (non-hydrogen) atoms. The first-order chi connectivity index (χ1) is 9.63. The number of hydrogen-bond donors (Lipinski definition) is 1. The number of hydrogen-bond acceptors (Lipinski definition) is 4. The maximum atomic E-state index is 7.75. The number of alkyl halides is 3. The molecule has 2 atom stereocenters. The van der Waals surface area contributed by atoms with Crippen LogP contribution in [-0.2, 0) is 14.2 Å². The van der Waals surface area contributed by atoms with Crippen molar-refractivity contribution in [1.82, 2.24) is 0 Å². The maximum Gasteiger partial charge on any atom is 0.265 e. The predicted octanol–water partition coefficient (Wildman–Crippen LogP) is 4.72. The van der Waals surface area contributed by atoms with Crippen LogP contribution in [0.5, 0.6) is 0 Å². The third-order valence-electron chi connectivity index (χ3n) is 2.88. The highest BCUT2D eigenvalue weighted by atomic mass is 35.6. The van der Waals surface area contributed by atoms with E-state index >= 15 is 0 Å². The molecule has 124 valence electrons. The molecule has 0 aromatic carbocycles. The lowest BCUT2D eigenvalue weighted by atomic mass is 9.99. The number of allylic oxidation sites excluding steroid dienone is 1. The van der Waals surface area contributed by atoms with E-state index in [4.69, 9.17) is 54.4 Å². The number of methoxy groups -OCH3 is 1. The minimum absolute atomic E-state index is 0.128. The third kappa shape index (κ3) is 8.27. The molecule has 0 aliphatic carbocycles. The summed E-state index contributed by atoms with van der Waals surface area (Å²) in [4.78, 5) is 0. The van der Waals surface area contributed by atoms with Gasteiger partial charge < -0.3 is 14.2 Å². The van der Waals surface area contributed by atoms with Crippen LogP contribution in [0.1, 0.15) is 34.1 Å². The zero-order valence-corrected chi connectivity index (χ0v) is 15.4. The SMILES string of the molecule is CC/C(C)=C\[C@H](OC(=N)C(Cl)(Cl)Cl)[C@@H](OCOC)C(C)C. The fraction of sp³-hybridized carbons (Fsp3) is 0.786. The van der Waals surface area contributed by atoms with Gasteiger partial charge >= 0.3 is 0 Å². The van der Waals surface area contributed by atoms with Crippen LogP contribution in [0.25, 0.3) is 0 Å². The minimum atomic E-state index is -1.89. The van der Waals surface area contributed by atoms with E-state index in [1.807, 2.05) is 33.8 Å². The van der Waals surface area contributed by atoms with Crippen molar-refractivity contribution in [2.45, 2.75) is 50.1 Å². The summed E-state index contributed by atoms with van der Waals surface area (Å²) in [7, 11) is 1.55. The van der Waals surface area contributed by atoms with Gasteiger partial charge in [0, 0.05) is 7.11 Å². The molecular weight excluding hydrogens is 337 g/mol. The molecule has 0 unspecified atom stereocenters. The Morgan fingerprint density at radius 2 is 1.86 bits per heavy atom. The zero-order chi connectivity index (χ0) is 16.6. The van der Waals surface area contributed by atoms with Crippen LogP contribution in [0.3, 0.4) is 0 Å². The monoisotopic (exact) mass is 359 g/mol. The van der Waals surface area contributed by atoms with E-state index in [2.05, 4.69) is 0 Å². The van der Waals surface area contributed by atoms with E-state index in [0.29, 0.717) is 0 Å². The van der Waals surface area contributed by atoms with Crippen LogP contribution in [0, 0.1) is 11.3 Å². The first kappa shape index (κ1) is 21.0. The summed E-state index contributed by atoms with van der Waals surface area (Å²) in [6.07, 6.45) is 1.91. The van der Waals surface area contributed by atoms with Gasteiger partial charge in [-0.25, -0.2) is 0 Å². The quantitative estimate of drug-likeness (QED) is 0.224. The number of rotatable bonds is 8. The molecule has 0 bridgehead atoms. The van der Waals surface area contributed by atoms with Crippen LogP contribution in [0.4, 0.5) is 0 Å². The average molecular weight is 361 g/mol. The Morgan fingerprint density at radius 3 is 2.24 bits per heavy atom. The van der Waals surface area contributed by atoms with Crippen molar-refractivity contribution in [3.05, 3.63) is 11.6 Å². The summed E-state index contributed by atoms with van der Waals surface area (Å²) < 4.78 is 14.2. The topological polar surface area (TPSA) is 51.5 Å². The highest BCUT2D eigenvalue weighted by molar-refractivity contribution is 6.76. The first-order valence-corrected chi connectivity index (χ1v) is 7.87. The first-order valence-electron chi connectivity index (χ1n) is 6.73. The lowest BCUT2D eigenvalue weighted by Crippen LogP contribution is -2.39. The second-order valence-electron chi connectivity index (χ2n) is 5.06. The molecule has 0 aromatic rings. The van der Waals surface area contributed by atoms with Crippen molar-refractivity contribution in [3.63, 3.8) is 0 Å². The number of halogens is 3. The van der Waals surface area contributed by atoms with E-state index < -0.39 is 15.8 Å². The fourth-order valence-corrected chi connectivity index (χ4v) is 1.74. The van der Waals surface area contributed by atoms with Crippen LogP contribution in [-0.4, -0.2) is 35.8 Å². The van der Waals surface area contributed by atoms with Gasteiger partial charge in [0.25, 0.3) is 3.79 Å². The minimum Gasteiger partial charge on any atom is -0.468 e. The van der Waals surface area contributed by atoms with Crippen molar-refractivity contribution >= 4 is 40.7 Å². The summed E-state index contributed by atoms with van der Waals surface area (Å²) >= 11 is 17.0. The summed E-state index contributed by atoms with van der Waals surface area (Å²) in [6.45, 7) is 8.12. The standard InChI is InChI=1S/C14H24Cl3NO3/c1-6-10(4)7-11(21-13(18)14(15,16)17)12(9(2)3)20-8-19-5/h7,9,11-12,18H,6,8H2,1-5H3/b10-7-,18-13?/t11-,12-/m0/s1. The fourth-order valence-electron chi connectivity index (χ4n) is 1.61. The van der Waals surface area contributed by atoms with Crippen molar-refractivity contribution in [2.75, 3.05) is 13.9 Å². The average Bonchev–Trinajstić information content (AvgIpc) is 2.37. The van der Waals surface area contributed by atoms with Gasteiger partial charge in [0.15, 0.2) is 0 Å². The van der Waals surface area contributed by atoms with Crippen LogP contribution >= 0.6 is 34.8 Å². The molecule has 1 N–H and O–H groups in total. The molecule has 0 saturated carbocycles. The molecular formula is C14H24Cl3NO3. The lowest BCUT2D eigenvalue weighted by molar-refractivity contribution is -0.115. The molecule has 4 nitrogen and oxygen atoms in total. The van der Waals surface area contributed by atoms with Gasteiger partial charge in [0.1, 0.15) is 19.0 Å². The van der Waals surface area contributed by atoms with Crippen molar-refractivity contribution in [2.24, 2.45) is 5.92 Å². The molecule has 7 heteroatoms. The van der Waals surface area contributed by atoms with E-state index in [1.165, 1.54) is 0 Å². The van der Waals surface area contributed by atoms with E-state index in [0.717, 1.165) is 12.0 Å². The van der Waals surface area contributed by atoms with Gasteiger partial charge in [0.05, 0.1) is 0 Å². The maximum absolute atomic E-state index is 7.75. The van der Waals surface area contributed by atoms with Gasteiger partial charge in [-0.05, 0) is 25.3 Å². The summed E-state index contributed by atoms with van der Waals surface area (Å²) in [5.74, 6) is -0.293. The Hall–Kier alpha value is -0.0000000000000000416. The second-order valence-corrected chi connectivity index (χ2v) is 7.34. The van der Waals surface area contributed by atoms with Gasteiger partial charge in [-0.15, -0.1) is 0 Å². The Kier molecular flexibility index (Phi) is 9.90. The summed E-state index contributed by atoms with van der Waals surface area (Å²) in [6, 6.07) is 0.